The zero-order valence-corrected chi connectivity index (χ0v) is 10.0. The van der Waals surface area contributed by atoms with E-state index in [0.717, 1.165) is 18.5 Å². The lowest BCUT2D eigenvalue weighted by molar-refractivity contribution is -0.135. The number of nitrogens with zero attached hydrogens (tertiary/aromatic N) is 1. The van der Waals surface area contributed by atoms with Crippen LogP contribution in [0.25, 0.3) is 0 Å². The highest BCUT2D eigenvalue weighted by Crippen LogP contribution is 2.22. The van der Waals surface area contributed by atoms with Crippen LogP contribution in [0.4, 0.5) is 13.2 Å². The maximum Gasteiger partial charge on any atom is 0.389 e. The van der Waals surface area contributed by atoms with Gasteiger partial charge in [0.1, 0.15) is 0 Å². The topological polar surface area (TPSA) is 30.9 Å². The van der Waals surface area contributed by atoms with Gasteiger partial charge in [-0.1, -0.05) is 6.92 Å². The van der Waals surface area contributed by atoms with Crippen LogP contribution in [0.3, 0.4) is 0 Å². The summed E-state index contributed by atoms with van der Waals surface area (Å²) < 4.78 is 37.9. The molecule has 98 valence electrons. The Morgan fingerprint density at radius 2 is 2.12 bits per heavy atom. The van der Waals surface area contributed by atoms with Crippen LogP contribution >= 0.6 is 0 Å². The summed E-state index contributed by atoms with van der Waals surface area (Å²) in [7, 11) is 0. The molecule has 0 amide bonds. The van der Waals surface area contributed by atoms with Gasteiger partial charge in [0.15, 0.2) is 0 Å². The van der Waals surface area contributed by atoms with E-state index in [1.54, 1.807) is 0 Å². The summed E-state index contributed by atoms with van der Waals surface area (Å²) in [6, 6.07) is 3.85. The van der Waals surface area contributed by atoms with Crippen molar-refractivity contribution in [2.45, 2.75) is 51.4 Å². The molecule has 1 aromatic rings. The molecule has 17 heavy (non-hydrogen) atoms. The Balaban J connectivity index is 2.46. The van der Waals surface area contributed by atoms with Gasteiger partial charge in [-0.15, -0.1) is 0 Å². The van der Waals surface area contributed by atoms with Gasteiger partial charge >= 0.3 is 6.18 Å². The molecule has 1 unspecified atom stereocenters. The van der Waals surface area contributed by atoms with Crippen molar-refractivity contribution in [3.63, 3.8) is 0 Å². The van der Waals surface area contributed by atoms with E-state index in [9.17, 15) is 13.2 Å². The highest BCUT2D eigenvalue weighted by atomic mass is 19.4. The quantitative estimate of drug-likeness (QED) is 0.824. The normalized spacial score (nSPS) is 13.9. The van der Waals surface area contributed by atoms with Gasteiger partial charge in [-0.25, -0.2) is 0 Å². The molecular weight excluding hydrogens is 229 g/mol. The van der Waals surface area contributed by atoms with E-state index >= 15 is 0 Å². The van der Waals surface area contributed by atoms with Crippen molar-refractivity contribution in [2.24, 2.45) is 5.73 Å². The highest BCUT2D eigenvalue weighted by molar-refractivity contribution is 5.08. The molecule has 2 nitrogen and oxygen atoms in total. The second-order valence-corrected chi connectivity index (χ2v) is 4.28. The van der Waals surface area contributed by atoms with E-state index in [1.807, 2.05) is 29.8 Å². The molecular formula is C12H19F3N2. The Bertz CT molecular complexity index is 331. The minimum atomic E-state index is -4.06. The molecule has 0 aliphatic carbocycles. The summed E-state index contributed by atoms with van der Waals surface area (Å²) in [5.41, 5.74) is 6.85. The number of aromatic nitrogens is 1. The number of hydrogen-bond acceptors (Lipinski definition) is 1. The van der Waals surface area contributed by atoms with Crippen molar-refractivity contribution >= 4 is 0 Å². The van der Waals surface area contributed by atoms with E-state index in [-0.39, 0.29) is 12.5 Å². The molecule has 0 aliphatic rings. The molecule has 2 N–H and O–H groups in total. The minimum absolute atomic E-state index is 0.0752. The van der Waals surface area contributed by atoms with Gasteiger partial charge in [-0.3, -0.25) is 0 Å². The zero-order valence-electron chi connectivity index (χ0n) is 10.0. The van der Waals surface area contributed by atoms with Crippen molar-refractivity contribution < 1.29 is 13.2 Å². The minimum Gasteiger partial charge on any atom is -0.351 e. The summed E-state index contributed by atoms with van der Waals surface area (Å²) in [6.07, 6.45) is -1.28. The standard InChI is InChI=1S/C12H19F3N2/c1-2-10(16)9-11-5-3-7-17(11)8-4-6-12(13,14)15/h3,5,7,10H,2,4,6,8-9,16H2,1H3. The van der Waals surface area contributed by atoms with E-state index in [1.165, 1.54) is 0 Å². The smallest absolute Gasteiger partial charge is 0.351 e. The molecule has 0 aromatic carbocycles. The fourth-order valence-electron chi connectivity index (χ4n) is 1.72. The predicted molar refractivity (Wildman–Crippen MR) is 61.7 cm³/mol. The molecule has 0 aliphatic heterocycles. The Labute approximate surface area is 99.6 Å². The van der Waals surface area contributed by atoms with Gasteiger partial charge in [0.25, 0.3) is 0 Å². The Hall–Kier alpha value is -0.970. The number of aryl methyl sites for hydroxylation is 1. The summed E-state index contributed by atoms with van der Waals surface area (Å²) in [5, 5.41) is 0. The van der Waals surface area contributed by atoms with Crippen molar-refractivity contribution in [3.05, 3.63) is 24.0 Å². The van der Waals surface area contributed by atoms with E-state index < -0.39 is 12.6 Å². The summed E-state index contributed by atoms with van der Waals surface area (Å²) in [6.45, 7) is 2.40. The fraction of sp³-hybridized carbons (Fsp3) is 0.667. The van der Waals surface area contributed by atoms with Gasteiger partial charge in [-0.05, 0) is 25.0 Å². The molecule has 0 fully saturated rings. The molecule has 0 saturated heterocycles. The van der Waals surface area contributed by atoms with Crippen LogP contribution in [-0.2, 0) is 13.0 Å². The number of rotatable bonds is 6. The fourth-order valence-corrected chi connectivity index (χ4v) is 1.72. The van der Waals surface area contributed by atoms with Crippen LogP contribution in [0, 0.1) is 0 Å². The monoisotopic (exact) mass is 248 g/mol. The highest BCUT2D eigenvalue weighted by Gasteiger charge is 2.26. The average molecular weight is 248 g/mol. The van der Waals surface area contributed by atoms with Gasteiger partial charge in [0.2, 0.25) is 0 Å². The average Bonchev–Trinajstić information content (AvgIpc) is 2.64. The van der Waals surface area contributed by atoms with Crippen LogP contribution in [-0.4, -0.2) is 16.8 Å². The maximum atomic E-state index is 12.0. The second-order valence-electron chi connectivity index (χ2n) is 4.28. The number of halogens is 3. The zero-order chi connectivity index (χ0) is 12.9. The van der Waals surface area contributed by atoms with E-state index in [4.69, 9.17) is 5.73 Å². The van der Waals surface area contributed by atoms with Gasteiger partial charge < -0.3 is 10.3 Å². The third-order valence-corrected chi connectivity index (χ3v) is 2.78. The SMILES string of the molecule is CCC(N)Cc1cccn1CCCC(F)(F)F. The van der Waals surface area contributed by atoms with Gasteiger partial charge in [0.05, 0.1) is 0 Å². The molecule has 0 bridgehead atoms. The van der Waals surface area contributed by atoms with Gasteiger partial charge in [0, 0.05) is 37.3 Å². The summed E-state index contributed by atoms with van der Waals surface area (Å²) >= 11 is 0. The third kappa shape index (κ3) is 5.26. The first-order valence-corrected chi connectivity index (χ1v) is 5.88. The third-order valence-electron chi connectivity index (χ3n) is 2.78. The first kappa shape index (κ1) is 14.1. The molecule has 0 spiro atoms. The lowest BCUT2D eigenvalue weighted by Crippen LogP contribution is -2.23. The Morgan fingerprint density at radius 1 is 1.41 bits per heavy atom. The molecule has 5 heteroatoms. The van der Waals surface area contributed by atoms with Crippen molar-refractivity contribution in [3.8, 4) is 0 Å². The van der Waals surface area contributed by atoms with Crippen LogP contribution in [0.1, 0.15) is 31.9 Å². The van der Waals surface area contributed by atoms with Crippen LogP contribution in [0.15, 0.2) is 18.3 Å². The van der Waals surface area contributed by atoms with Crippen LogP contribution in [0.5, 0.6) is 0 Å². The van der Waals surface area contributed by atoms with Crippen LogP contribution < -0.4 is 5.73 Å². The van der Waals surface area contributed by atoms with Crippen LogP contribution in [0.2, 0.25) is 0 Å². The van der Waals surface area contributed by atoms with Crippen molar-refractivity contribution in [1.29, 1.82) is 0 Å². The van der Waals surface area contributed by atoms with E-state index in [0.29, 0.717) is 6.54 Å². The second kappa shape index (κ2) is 6.10. The molecule has 1 aromatic heterocycles. The first-order valence-electron chi connectivity index (χ1n) is 5.88. The Kier molecular flexibility index (Phi) is 5.05. The lowest BCUT2D eigenvalue weighted by atomic mass is 10.1. The van der Waals surface area contributed by atoms with Crippen molar-refractivity contribution in [2.75, 3.05) is 0 Å². The van der Waals surface area contributed by atoms with Crippen molar-refractivity contribution in [1.82, 2.24) is 4.57 Å². The lowest BCUT2D eigenvalue weighted by Gasteiger charge is -2.13. The predicted octanol–water partition coefficient (Wildman–Crippen LogP) is 3.11. The molecule has 1 atom stereocenters. The molecule has 1 rings (SSSR count). The summed E-state index contributed by atoms with van der Waals surface area (Å²) in [5.74, 6) is 0. The Morgan fingerprint density at radius 3 is 2.71 bits per heavy atom. The number of nitrogens with two attached hydrogens (primary N) is 1. The summed E-state index contributed by atoms with van der Waals surface area (Å²) in [4.78, 5) is 0. The molecule has 1 heterocycles. The largest absolute Gasteiger partial charge is 0.389 e. The molecule has 0 radical (unpaired) electrons. The van der Waals surface area contributed by atoms with Gasteiger partial charge in [-0.2, -0.15) is 13.2 Å². The maximum absolute atomic E-state index is 12.0. The number of alkyl halides is 3. The first-order chi connectivity index (χ1) is 7.92. The number of hydrogen-bond donors (Lipinski definition) is 1. The van der Waals surface area contributed by atoms with E-state index in [2.05, 4.69) is 0 Å². The molecule has 0 saturated carbocycles.